The first kappa shape index (κ1) is 18.5. The molecule has 6 nitrogen and oxygen atoms in total. The predicted molar refractivity (Wildman–Crippen MR) is 99.0 cm³/mol. The van der Waals surface area contributed by atoms with Gasteiger partial charge in [0.2, 0.25) is 5.91 Å². The molecule has 138 valence electrons. The molecule has 0 atom stereocenters. The molecule has 0 unspecified atom stereocenters. The third-order valence-corrected chi connectivity index (χ3v) is 5.11. The van der Waals surface area contributed by atoms with Gasteiger partial charge in [0.15, 0.2) is 0 Å². The molecule has 0 N–H and O–H groups in total. The van der Waals surface area contributed by atoms with E-state index in [1.54, 1.807) is 36.9 Å². The van der Waals surface area contributed by atoms with Gasteiger partial charge in [-0.2, -0.15) is 0 Å². The Morgan fingerprint density at radius 3 is 2.50 bits per heavy atom. The van der Waals surface area contributed by atoms with Crippen LogP contribution >= 0.6 is 11.6 Å². The summed E-state index contributed by atoms with van der Waals surface area (Å²) in [6.45, 7) is 2.80. The quantitative estimate of drug-likeness (QED) is 0.825. The standard InChI is InChI=1S/C19H22ClN3O3/c1-12-16(17(21-26-12)14-6-4-5-7-15(14)20)19(25)23-10-8-13(9-11-23)18(24)22(2)3/h4-7,13H,8-11H2,1-3H3. The Morgan fingerprint density at radius 1 is 1.23 bits per heavy atom. The smallest absolute Gasteiger partial charge is 0.259 e. The summed E-state index contributed by atoms with van der Waals surface area (Å²) in [6, 6.07) is 7.25. The fourth-order valence-electron chi connectivity index (χ4n) is 3.31. The van der Waals surface area contributed by atoms with Gasteiger partial charge in [-0.3, -0.25) is 9.59 Å². The van der Waals surface area contributed by atoms with Crippen LogP contribution in [0.1, 0.15) is 29.0 Å². The van der Waals surface area contributed by atoms with Crippen LogP contribution < -0.4 is 0 Å². The van der Waals surface area contributed by atoms with Gasteiger partial charge in [0.25, 0.3) is 5.91 Å². The highest BCUT2D eigenvalue weighted by Crippen LogP contribution is 2.32. The number of likely N-dealkylation sites (tertiary alicyclic amines) is 1. The van der Waals surface area contributed by atoms with E-state index in [1.165, 1.54) is 0 Å². The molecule has 0 radical (unpaired) electrons. The molecule has 7 heteroatoms. The number of nitrogens with zero attached hydrogens (tertiary/aromatic N) is 3. The summed E-state index contributed by atoms with van der Waals surface area (Å²) in [5, 5.41) is 4.58. The molecule has 0 spiro atoms. The van der Waals surface area contributed by atoms with Crippen molar-refractivity contribution in [3.63, 3.8) is 0 Å². The van der Waals surface area contributed by atoms with Gasteiger partial charge in [0.05, 0.1) is 5.02 Å². The van der Waals surface area contributed by atoms with Crippen LogP contribution in [0.5, 0.6) is 0 Å². The first-order valence-corrected chi connectivity index (χ1v) is 8.99. The highest BCUT2D eigenvalue weighted by atomic mass is 35.5. The van der Waals surface area contributed by atoms with Gasteiger partial charge in [-0.1, -0.05) is 35.0 Å². The maximum absolute atomic E-state index is 13.1. The van der Waals surface area contributed by atoms with E-state index in [-0.39, 0.29) is 17.7 Å². The molecule has 1 aliphatic rings. The molecule has 1 saturated heterocycles. The number of aryl methyl sites for hydroxylation is 1. The fourth-order valence-corrected chi connectivity index (χ4v) is 3.54. The van der Waals surface area contributed by atoms with Crippen LogP contribution in [-0.4, -0.2) is 54.0 Å². The Balaban J connectivity index is 1.81. The van der Waals surface area contributed by atoms with Gasteiger partial charge in [-0.25, -0.2) is 0 Å². The fraction of sp³-hybridized carbons (Fsp3) is 0.421. The molecule has 2 amide bonds. The van der Waals surface area contributed by atoms with E-state index >= 15 is 0 Å². The van der Waals surface area contributed by atoms with Gasteiger partial charge in [-0.05, 0) is 25.8 Å². The largest absolute Gasteiger partial charge is 0.360 e. The summed E-state index contributed by atoms with van der Waals surface area (Å²) in [7, 11) is 3.52. The number of rotatable bonds is 3. The van der Waals surface area contributed by atoms with Crippen molar-refractivity contribution in [3.05, 3.63) is 40.6 Å². The van der Waals surface area contributed by atoms with Gasteiger partial charge in [0, 0.05) is 38.7 Å². The molecule has 0 saturated carbocycles. The third-order valence-electron chi connectivity index (χ3n) is 4.78. The SMILES string of the molecule is Cc1onc(-c2ccccc2Cl)c1C(=O)N1CCC(C(=O)N(C)C)CC1. The lowest BCUT2D eigenvalue weighted by molar-refractivity contribution is -0.134. The second-order valence-electron chi connectivity index (χ2n) is 6.74. The third kappa shape index (κ3) is 3.46. The minimum atomic E-state index is -0.130. The van der Waals surface area contributed by atoms with Crippen molar-refractivity contribution in [3.8, 4) is 11.3 Å². The maximum Gasteiger partial charge on any atom is 0.259 e. The minimum Gasteiger partial charge on any atom is -0.360 e. The van der Waals surface area contributed by atoms with Crippen LogP contribution in [-0.2, 0) is 4.79 Å². The molecule has 1 aliphatic heterocycles. The number of piperidine rings is 1. The van der Waals surface area contributed by atoms with E-state index < -0.39 is 0 Å². The lowest BCUT2D eigenvalue weighted by Crippen LogP contribution is -2.43. The number of hydrogen-bond donors (Lipinski definition) is 0. The molecule has 0 bridgehead atoms. The summed E-state index contributed by atoms with van der Waals surface area (Å²) in [5.41, 5.74) is 1.58. The summed E-state index contributed by atoms with van der Waals surface area (Å²) < 4.78 is 5.29. The molecule has 3 rings (SSSR count). The van der Waals surface area contributed by atoms with Gasteiger partial charge in [-0.15, -0.1) is 0 Å². The van der Waals surface area contributed by atoms with E-state index in [0.717, 1.165) is 0 Å². The number of carbonyl (C=O) groups excluding carboxylic acids is 2. The predicted octanol–water partition coefficient (Wildman–Crippen LogP) is 3.24. The second-order valence-corrected chi connectivity index (χ2v) is 7.15. The normalized spacial score (nSPS) is 15.2. The molecule has 1 fully saturated rings. The molecular formula is C19H22ClN3O3. The zero-order valence-electron chi connectivity index (χ0n) is 15.2. The molecule has 1 aromatic carbocycles. The first-order chi connectivity index (χ1) is 12.4. The van der Waals surface area contributed by atoms with Crippen LogP contribution in [0.25, 0.3) is 11.3 Å². The van der Waals surface area contributed by atoms with Gasteiger partial charge < -0.3 is 14.3 Å². The van der Waals surface area contributed by atoms with Gasteiger partial charge in [0.1, 0.15) is 17.0 Å². The van der Waals surface area contributed by atoms with Crippen LogP contribution in [0.15, 0.2) is 28.8 Å². The zero-order valence-corrected chi connectivity index (χ0v) is 15.9. The number of halogens is 1. The number of hydrogen-bond acceptors (Lipinski definition) is 4. The average molecular weight is 376 g/mol. The van der Waals surface area contributed by atoms with Crippen molar-refractivity contribution in [2.45, 2.75) is 19.8 Å². The monoisotopic (exact) mass is 375 g/mol. The van der Waals surface area contributed by atoms with Crippen LogP contribution in [0.2, 0.25) is 5.02 Å². The Bertz CT molecular complexity index is 823. The Kier molecular flexibility index (Phi) is 5.32. The minimum absolute atomic E-state index is 0.0272. The van der Waals surface area contributed by atoms with E-state index in [4.69, 9.17) is 16.1 Å². The Morgan fingerprint density at radius 2 is 1.88 bits per heavy atom. The van der Waals surface area contributed by atoms with Crippen molar-refractivity contribution >= 4 is 23.4 Å². The highest BCUT2D eigenvalue weighted by Gasteiger charge is 2.32. The molecule has 1 aromatic heterocycles. The molecule has 2 heterocycles. The molecular weight excluding hydrogens is 354 g/mol. The van der Waals surface area contributed by atoms with Crippen molar-refractivity contribution in [1.29, 1.82) is 0 Å². The van der Waals surface area contributed by atoms with Crippen molar-refractivity contribution in [2.24, 2.45) is 5.92 Å². The van der Waals surface area contributed by atoms with Gasteiger partial charge >= 0.3 is 0 Å². The second kappa shape index (κ2) is 7.50. The van der Waals surface area contributed by atoms with Crippen LogP contribution in [0.3, 0.4) is 0 Å². The number of benzene rings is 1. The van der Waals surface area contributed by atoms with E-state index in [1.807, 2.05) is 18.2 Å². The summed E-state index contributed by atoms with van der Waals surface area (Å²) >= 11 is 6.27. The molecule has 26 heavy (non-hydrogen) atoms. The highest BCUT2D eigenvalue weighted by molar-refractivity contribution is 6.33. The first-order valence-electron chi connectivity index (χ1n) is 8.61. The number of carbonyl (C=O) groups is 2. The van der Waals surface area contributed by atoms with E-state index in [0.29, 0.717) is 53.5 Å². The van der Waals surface area contributed by atoms with Crippen LogP contribution in [0.4, 0.5) is 0 Å². The van der Waals surface area contributed by atoms with E-state index in [2.05, 4.69) is 5.16 Å². The number of aromatic nitrogens is 1. The van der Waals surface area contributed by atoms with E-state index in [9.17, 15) is 9.59 Å². The van der Waals surface area contributed by atoms with Crippen molar-refractivity contribution in [1.82, 2.24) is 15.0 Å². The Hall–Kier alpha value is -2.34. The summed E-state index contributed by atoms with van der Waals surface area (Å²) in [5.74, 6) is 0.432. The topological polar surface area (TPSA) is 66.7 Å². The zero-order chi connectivity index (χ0) is 18.8. The van der Waals surface area contributed by atoms with Crippen molar-refractivity contribution in [2.75, 3.05) is 27.2 Å². The maximum atomic E-state index is 13.1. The Labute approximate surface area is 157 Å². The number of amides is 2. The van der Waals surface area contributed by atoms with Crippen molar-refractivity contribution < 1.29 is 14.1 Å². The van der Waals surface area contributed by atoms with Crippen LogP contribution in [0, 0.1) is 12.8 Å². The summed E-state index contributed by atoms with van der Waals surface area (Å²) in [4.78, 5) is 28.6. The molecule has 0 aliphatic carbocycles. The molecule has 2 aromatic rings. The summed E-state index contributed by atoms with van der Waals surface area (Å²) in [6.07, 6.45) is 1.32. The lowest BCUT2D eigenvalue weighted by Gasteiger charge is -2.32. The average Bonchev–Trinajstić information content (AvgIpc) is 3.02. The lowest BCUT2D eigenvalue weighted by atomic mass is 9.94.